The summed E-state index contributed by atoms with van der Waals surface area (Å²) in [5.41, 5.74) is 1.51. The highest BCUT2D eigenvalue weighted by Gasteiger charge is 2.21. The molecule has 0 unspecified atom stereocenters. The summed E-state index contributed by atoms with van der Waals surface area (Å²) >= 11 is 0. The second-order valence-electron chi connectivity index (χ2n) is 4.08. The smallest absolute Gasteiger partial charge is 0.0809 e. The maximum Gasteiger partial charge on any atom is 0.0809 e. The molecule has 0 aromatic rings. The molecule has 0 atom stereocenters. The molecule has 0 radical (unpaired) electrons. The van der Waals surface area contributed by atoms with Gasteiger partial charge in [0.1, 0.15) is 0 Å². The zero-order chi connectivity index (χ0) is 8.48. The van der Waals surface area contributed by atoms with Crippen molar-refractivity contribution in [3.63, 3.8) is 0 Å². The van der Waals surface area contributed by atoms with Crippen molar-refractivity contribution in [2.75, 3.05) is 6.61 Å². The van der Waals surface area contributed by atoms with Crippen LogP contribution in [0.4, 0.5) is 0 Å². The third kappa shape index (κ3) is 2.33. The molecule has 1 aliphatic rings. The summed E-state index contributed by atoms with van der Waals surface area (Å²) in [5.74, 6) is 0.679. The van der Waals surface area contributed by atoms with Crippen molar-refractivity contribution in [3.05, 3.63) is 11.6 Å². The van der Waals surface area contributed by atoms with Crippen molar-refractivity contribution in [1.82, 2.24) is 0 Å². The predicted molar refractivity (Wildman–Crippen MR) is 47.6 cm³/mol. The van der Waals surface area contributed by atoms with Crippen LogP contribution in [0.3, 0.4) is 0 Å². The monoisotopic (exact) mass is 154 g/mol. The van der Waals surface area contributed by atoms with Crippen molar-refractivity contribution >= 4 is 0 Å². The second-order valence-corrected chi connectivity index (χ2v) is 4.08. The summed E-state index contributed by atoms with van der Waals surface area (Å²) in [6, 6.07) is 0. The third-order valence-corrected chi connectivity index (χ3v) is 2.14. The Morgan fingerprint density at radius 1 is 1.45 bits per heavy atom. The maximum absolute atomic E-state index is 5.57. The fourth-order valence-corrected chi connectivity index (χ4v) is 1.45. The Balaban J connectivity index is 2.73. The molecule has 0 saturated heterocycles. The molecule has 0 N–H and O–H groups in total. The summed E-state index contributed by atoms with van der Waals surface area (Å²) < 4.78 is 5.57. The molecule has 0 aromatic heterocycles. The van der Waals surface area contributed by atoms with Gasteiger partial charge in [0.25, 0.3) is 0 Å². The summed E-state index contributed by atoms with van der Waals surface area (Å²) in [6.07, 6.45) is 3.38. The van der Waals surface area contributed by atoms with Crippen molar-refractivity contribution in [2.24, 2.45) is 5.92 Å². The van der Waals surface area contributed by atoms with Gasteiger partial charge in [0.15, 0.2) is 0 Å². The van der Waals surface area contributed by atoms with Crippen LogP contribution in [0.5, 0.6) is 0 Å². The van der Waals surface area contributed by atoms with Gasteiger partial charge in [-0.3, -0.25) is 0 Å². The molecule has 11 heavy (non-hydrogen) atoms. The highest BCUT2D eigenvalue weighted by Crippen LogP contribution is 2.26. The van der Waals surface area contributed by atoms with Gasteiger partial charge < -0.3 is 4.74 Å². The van der Waals surface area contributed by atoms with E-state index in [1.165, 1.54) is 0 Å². The standard InChI is InChI=1S/C10H18O/c1-8(2)9-5-6-11-10(3,4)7-9/h7-8H,5-6H2,1-4H3. The van der Waals surface area contributed by atoms with Gasteiger partial charge >= 0.3 is 0 Å². The first-order chi connectivity index (χ1) is 5.01. The van der Waals surface area contributed by atoms with Gasteiger partial charge in [-0.05, 0) is 26.2 Å². The maximum atomic E-state index is 5.57. The zero-order valence-electron chi connectivity index (χ0n) is 7.98. The Hall–Kier alpha value is -0.300. The van der Waals surface area contributed by atoms with E-state index in [-0.39, 0.29) is 5.60 Å². The molecule has 0 spiro atoms. The first-order valence-electron chi connectivity index (χ1n) is 4.37. The van der Waals surface area contributed by atoms with Gasteiger partial charge in [-0.15, -0.1) is 0 Å². The Morgan fingerprint density at radius 2 is 2.09 bits per heavy atom. The van der Waals surface area contributed by atoms with Crippen LogP contribution in [-0.4, -0.2) is 12.2 Å². The molecule has 0 bridgehead atoms. The molecule has 1 aliphatic heterocycles. The lowest BCUT2D eigenvalue weighted by molar-refractivity contribution is 0.00955. The second kappa shape index (κ2) is 2.98. The van der Waals surface area contributed by atoms with E-state index in [9.17, 15) is 0 Å². The lowest BCUT2D eigenvalue weighted by Crippen LogP contribution is -2.27. The van der Waals surface area contributed by atoms with Crippen molar-refractivity contribution in [2.45, 2.75) is 39.7 Å². The Morgan fingerprint density at radius 3 is 2.45 bits per heavy atom. The Kier molecular flexibility index (Phi) is 2.38. The van der Waals surface area contributed by atoms with Gasteiger partial charge in [0.05, 0.1) is 12.2 Å². The van der Waals surface area contributed by atoms with Gasteiger partial charge in [-0.2, -0.15) is 0 Å². The summed E-state index contributed by atoms with van der Waals surface area (Å²) in [4.78, 5) is 0. The minimum atomic E-state index is -0.0299. The molecular weight excluding hydrogens is 136 g/mol. The SMILES string of the molecule is CC(C)C1=CC(C)(C)OCC1. The van der Waals surface area contributed by atoms with Crippen molar-refractivity contribution in [3.8, 4) is 0 Å². The van der Waals surface area contributed by atoms with Crippen LogP contribution in [0.15, 0.2) is 11.6 Å². The zero-order valence-corrected chi connectivity index (χ0v) is 7.98. The summed E-state index contributed by atoms with van der Waals surface area (Å²) in [5, 5.41) is 0. The molecule has 0 aromatic carbocycles. The molecule has 1 heteroatoms. The van der Waals surface area contributed by atoms with Crippen molar-refractivity contribution in [1.29, 1.82) is 0 Å². The first kappa shape index (κ1) is 8.79. The van der Waals surface area contributed by atoms with E-state index in [1.807, 2.05) is 0 Å². The van der Waals surface area contributed by atoms with Crippen molar-refractivity contribution < 1.29 is 4.74 Å². The van der Waals surface area contributed by atoms with E-state index in [4.69, 9.17) is 4.74 Å². The third-order valence-electron chi connectivity index (χ3n) is 2.14. The average molecular weight is 154 g/mol. The van der Waals surface area contributed by atoms with E-state index < -0.39 is 0 Å². The molecule has 0 fully saturated rings. The number of rotatable bonds is 1. The van der Waals surface area contributed by atoms with Crippen LogP contribution in [0.2, 0.25) is 0 Å². The molecule has 1 nitrogen and oxygen atoms in total. The van der Waals surface area contributed by atoms with Crippen LogP contribution in [0.1, 0.15) is 34.1 Å². The molecule has 64 valence electrons. The minimum Gasteiger partial charge on any atom is -0.371 e. The number of ether oxygens (including phenoxy) is 1. The topological polar surface area (TPSA) is 9.23 Å². The molecular formula is C10H18O. The summed E-state index contributed by atoms with van der Waals surface area (Å²) in [7, 11) is 0. The van der Waals surface area contributed by atoms with E-state index in [0.29, 0.717) is 5.92 Å². The van der Waals surface area contributed by atoms with E-state index >= 15 is 0 Å². The lowest BCUT2D eigenvalue weighted by Gasteiger charge is -2.29. The molecule has 0 saturated carbocycles. The van der Waals surface area contributed by atoms with Gasteiger partial charge in [0, 0.05) is 0 Å². The Bertz CT molecular complexity index is 166. The van der Waals surface area contributed by atoms with Crippen LogP contribution in [-0.2, 0) is 4.74 Å². The minimum absolute atomic E-state index is 0.0299. The number of hydrogen-bond donors (Lipinski definition) is 0. The fraction of sp³-hybridized carbons (Fsp3) is 0.800. The van der Waals surface area contributed by atoms with Gasteiger partial charge in [-0.25, -0.2) is 0 Å². The lowest BCUT2D eigenvalue weighted by atomic mass is 9.92. The molecule has 1 rings (SSSR count). The molecule has 0 aliphatic carbocycles. The van der Waals surface area contributed by atoms with E-state index in [0.717, 1.165) is 13.0 Å². The quantitative estimate of drug-likeness (QED) is 0.528. The normalized spacial score (nSPS) is 23.5. The first-order valence-corrected chi connectivity index (χ1v) is 4.37. The fourth-order valence-electron chi connectivity index (χ4n) is 1.45. The molecule has 1 heterocycles. The van der Waals surface area contributed by atoms with E-state index in [1.54, 1.807) is 5.57 Å². The van der Waals surface area contributed by atoms with Crippen LogP contribution in [0.25, 0.3) is 0 Å². The van der Waals surface area contributed by atoms with E-state index in [2.05, 4.69) is 33.8 Å². The van der Waals surface area contributed by atoms with Crippen LogP contribution < -0.4 is 0 Å². The molecule has 0 amide bonds. The number of hydrogen-bond acceptors (Lipinski definition) is 1. The van der Waals surface area contributed by atoms with Crippen LogP contribution >= 0.6 is 0 Å². The van der Waals surface area contributed by atoms with Gasteiger partial charge in [-0.1, -0.05) is 25.5 Å². The predicted octanol–water partition coefficient (Wildman–Crippen LogP) is 2.77. The highest BCUT2D eigenvalue weighted by molar-refractivity contribution is 5.13. The largest absolute Gasteiger partial charge is 0.371 e. The Labute approximate surface area is 69.4 Å². The summed E-state index contributed by atoms with van der Waals surface area (Å²) in [6.45, 7) is 9.61. The highest BCUT2D eigenvalue weighted by atomic mass is 16.5. The van der Waals surface area contributed by atoms with Gasteiger partial charge in [0.2, 0.25) is 0 Å². The van der Waals surface area contributed by atoms with Crippen LogP contribution in [0, 0.1) is 5.92 Å². The average Bonchev–Trinajstić information content (AvgIpc) is 1.85.